The van der Waals surface area contributed by atoms with Crippen LogP contribution in [-0.4, -0.2) is 35.3 Å². The Bertz CT molecular complexity index is 629. The van der Waals surface area contributed by atoms with Crippen LogP contribution in [0.3, 0.4) is 0 Å². The summed E-state index contributed by atoms with van der Waals surface area (Å²) in [6.45, 7) is 3.55. The molecule has 2 N–H and O–H groups in total. The molecule has 124 valence electrons. The van der Waals surface area contributed by atoms with Crippen LogP contribution in [0.15, 0.2) is 18.2 Å². The molecular weight excluding hydrogens is 341 g/mol. The predicted molar refractivity (Wildman–Crippen MR) is 88.6 cm³/mol. The van der Waals surface area contributed by atoms with Crippen LogP contribution < -0.4 is 10.6 Å². The summed E-state index contributed by atoms with van der Waals surface area (Å²) in [7, 11) is 0. The number of imide groups is 1. The number of rotatable bonds is 5. The second-order valence-corrected chi connectivity index (χ2v) is 6.64. The maximum absolute atomic E-state index is 12.2. The van der Waals surface area contributed by atoms with Crippen molar-refractivity contribution in [1.82, 2.24) is 10.2 Å². The van der Waals surface area contributed by atoms with Crippen LogP contribution in [0.4, 0.5) is 10.5 Å². The lowest BCUT2D eigenvalue weighted by Gasteiger charge is -2.14. The summed E-state index contributed by atoms with van der Waals surface area (Å²) in [5, 5.41) is 5.90. The first kappa shape index (κ1) is 17.6. The molecule has 1 aromatic rings. The smallest absolute Gasteiger partial charge is 0.325 e. The molecule has 8 heteroatoms. The Labute approximate surface area is 144 Å². The highest BCUT2D eigenvalue weighted by atomic mass is 35.5. The SMILES string of the molecule is CC(C)CC1NC(=O)N(CC(=O)Nc2cc(Cl)cc(Cl)c2)C1=O. The van der Waals surface area contributed by atoms with Crippen molar-refractivity contribution in [1.29, 1.82) is 0 Å². The molecule has 6 nitrogen and oxygen atoms in total. The van der Waals surface area contributed by atoms with Gasteiger partial charge in [0, 0.05) is 15.7 Å². The van der Waals surface area contributed by atoms with E-state index in [9.17, 15) is 14.4 Å². The van der Waals surface area contributed by atoms with Crippen LogP contribution in [0.5, 0.6) is 0 Å². The van der Waals surface area contributed by atoms with Gasteiger partial charge in [0.05, 0.1) is 0 Å². The maximum atomic E-state index is 12.2. The fourth-order valence-electron chi connectivity index (χ4n) is 2.33. The van der Waals surface area contributed by atoms with Gasteiger partial charge >= 0.3 is 6.03 Å². The molecule has 1 fully saturated rings. The van der Waals surface area contributed by atoms with E-state index in [1.165, 1.54) is 18.2 Å². The normalized spacial score (nSPS) is 17.6. The number of anilines is 1. The molecule has 1 heterocycles. The topological polar surface area (TPSA) is 78.5 Å². The molecule has 1 aliphatic heterocycles. The number of nitrogens with zero attached hydrogens (tertiary/aromatic N) is 1. The van der Waals surface area contributed by atoms with Crippen molar-refractivity contribution >= 4 is 46.7 Å². The summed E-state index contributed by atoms with van der Waals surface area (Å²) in [5.41, 5.74) is 0.401. The monoisotopic (exact) mass is 357 g/mol. The van der Waals surface area contributed by atoms with Gasteiger partial charge in [0.25, 0.3) is 5.91 Å². The van der Waals surface area contributed by atoms with Gasteiger partial charge in [0.2, 0.25) is 5.91 Å². The summed E-state index contributed by atoms with van der Waals surface area (Å²) in [5.74, 6) is -0.633. The highest BCUT2D eigenvalue weighted by Crippen LogP contribution is 2.22. The molecule has 0 aliphatic carbocycles. The van der Waals surface area contributed by atoms with Gasteiger partial charge in [-0.3, -0.25) is 14.5 Å². The number of halogens is 2. The van der Waals surface area contributed by atoms with E-state index < -0.39 is 18.0 Å². The van der Waals surface area contributed by atoms with Crippen molar-refractivity contribution in [3.63, 3.8) is 0 Å². The van der Waals surface area contributed by atoms with Gasteiger partial charge in [-0.1, -0.05) is 37.0 Å². The van der Waals surface area contributed by atoms with Gasteiger partial charge in [0.1, 0.15) is 12.6 Å². The molecule has 0 saturated carbocycles. The molecule has 0 spiro atoms. The molecule has 2 rings (SSSR count). The number of hydrogen-bond acceptors (Lipinski definition) is 3. The van der Waals surface area contributed by atoms with E-state index >= 15 is 0 Å². The van der Waals surface area contributed by atoms with E-state index in [0.29, 0.717) is 22.2 Å². The van der Waals surface area contributed by atoms with E-state index in [0.717, 1.165) is 4.90 Å². The molecule has 1 aromatic carbocycles. The Kier molecular flexibility index (Phi) is 5.49. The average Bonchev–Trinajstić information content (AvgIpc) is 2.64. The number of carbonyl (C=O) groups excluding carboxylic acids is 3. The Hall–Kier alpha value is -1.79. The van der Waals surface area contributed by atoms with Gasteiger partial charge in [-0.25, -0.2) is 4.79 Å². The highest BCUT2D eigenvalue weighted by Gasteiger charge is 2.38. The lowest BCUT2D eigenvalue weighted by Crippen LogP contribution is -2.38. The lowest BCUT2D eigenvalue weighted by atomic mass is 10.0. The van der Waals surface area contributed by atoms with E-state index in [4.69, 9.17) is 23.2 Å². The van der Waals surface area contributed by atoms with Crippen LogP contribution in [0.2, 0.25) is 10.0 Å². The zero-order chi connectivity index (χ0) is 17.1. The van der Waals surface area contributed by atoms with Crippen LogP contribution in [-0.2, 0) is 9.59 Å². The average molecular weight is 358 g/mol. The maximum Gasteiger partial charge on any atom is 0.325 e. The summed E-state index contributed by atoms with van der Waals surface area (Å²) in [4.78, 5) is 37.0. The third kappa shape index (κ3) is 4.59. The van der Waals surface area contributed by atoms with Crippen molar-refractivity contribution in [3.8, 4) is 0 Å². The first-order chi connectivity index (χ1) is 10.8. The number of nitrogens with one attached hydrogen (secondary N) is 2. The van der Waals surface area contributed by atoms with Crippen molar-refractivity contribution in [2.45, 2.75) is 26.3 Å². The molecule has 0 radical (unpaired) electrons. The Morgan fingerprint density at radius 1 is 1.26 bits per heavy atom. The molecule has 0 bridgehead atoms. The minimum absolute atomic E-state index is 0.256. The molecule has 1 saturated heterocycles. The quantitative estimate of drug-likeness (QED) is 0.795. The Morgan fingerprint density at radius 2 is 1.87 bits per heavy atom. The minimum atomic E-state index is -0.573. The van der Waals surface area contributed by atoms with Crippen molar-refractivity contribution < 1.29 is 14.4 Å². The van der Waals surface area contributed by atoms with Gasteiger partial charge in [-0.2, -0.15) is 0 Å². The van der Waals surface area contributed by atoms with Crippen LogP contribution >= 0.6 is 23.2 Å². The molecule has 4 amide bonds. The van der Waals surface area contributed by atoms with Gasteiger partial charge < -0.3 is 10.6 Å². The summed E-state index contributed by atoms with van der Waals surface area (Å²) in [6.07, 6.45) is 0.534. The largest absolute Gasteiger partial charge is 0.326 e. The minimum Gasteiger partial charge on any atom is -0.326 e. The summed E-state index contributed by atoms with van der Waals surface area (Å²) in [6, 6.07) is 3.46. The number of carbonyl (C=O) groups is 3. The zero-order valence-electron chi connectivity index (χ0n) is 12.7. The Balaban J connectivity index is 1.99. The summed E-state index contributed by atoms with van der Waals surface area (Å²) >= 11 is 11.7. The first-order valence-corrected chi connectivity index (χ1v) is 7.89. The molecule has 1 aliphatic rings. The number of benzene rings is 1. The van der Waals surface area contributed by atoms with Crippen molar-refractivity contribution in [2.75, 3.05) is 11.9 Å². The van der Waals surface area contributed by atoms with Crippen molar-refractivity contribution in [2.24, 2.45) is 5.92 Å². The molecule has 0 aromatic heterocycles. The second-order valence-electron chi connectivity index (χ2n) is 5.76. The lowest BCUT2D eigenvalue weighted by molar-refractivity contribution is -0.131. The highest BCUT2D eigenvalue weighted by molar-refractivity contribution is 6.35. The number of amides is 4. The van der Waals surface area contributed by atoms with E-state index in [2.05, 4.69) is 10.6 Å². The molecule has 1 atom stereocenters. The Morgan fingerprint density at radius 3 is 2.43 bits per heavy atom. The van der Waals surface area contributed by atoms with E-state index in [-0.39, 0.29) is 18.4 Å². The fraction of sp³-hybridized carbons (Fsp3) is 0.400. The van der Waals surface area contributed by atoms with Crippen LogP contribution in [0.1, 0.15) is 20.3 Å². The van der Waals surface area contributed by atoms with Gasteiger partial charge in [0.15, 0.2) is 0 Å². The first-order valence-electron chi connectivity index (χ1n) is 7.14. The molecular formula is C15H17Cl2N3O3. The van der Waals surface area contributed by atoms with Gasteiger partial charge in [-0.05, 0) is 30.5 Å². The standard InChI is InChI=1S/C15H17Cl2N3O3/c1-8(2)3-12-14(22)20(15(23)19-12)7-13(21)18-11-5-9(16)4-10(17)6-11/h4-6,8,12H,3,7H2,1-2H3,(H,18,21)(H,19,23). The number of hydrogen-bond donors (Lipinski definition) is 2. The van der Waals surface area contributed by atoms with E-state index in [1.54, 1.807) is 0 Å². The van der Waals surface area contributed by atoms with Crippen LogP contribution in [0, 0.1) is 5.92 Å². The fourth-order valence-corrected chi connectivity index (χ4v) is 2.85. The van der Waals surface area contributed by atoms with Gasteiger partial charge in [-0.15, -0.1) is 0 Å². The molecule has 1 unspecified atom stereocenters. The van der Waals surface area contributed by atoms with Crippen molar-refractivity contribution in [3.05, 3.63) is 28.2 Å². The number of urea groups is 1. The third-order valence-corrected chi connectivity index (χ3v) is 3.70. The summed E-state index contributed by atoms with van der Waals surface area (Å²) < 4.78 is 0. The van der Waals surface area contributed by atoms with Crippen LogP contribution in [0.25, 0.3) is 0 Å². The zero-order valence-corrected chi connectivity index (χ0v) is 14.2. The third-order valence-electron chi connectivity index (χ3n) is 3.26. The van der Waals surface area contributed by atoms with E-state index in [1.807, 2.05) is 13.8 Å². The molecule has 23 heavy (non-hydrogen) atoms. The second kappa shape index (κ2) is 7.19. The predicted octanol–water partition coefficient (Wildman–Crippen LogP) is 2.90.